The molecule has 1 aromatic heterocycles. The molecular weight excluding hydrogens is 414 g/mol. The van der Waals surface area contributed by atoms with Crippen molar-refractivity contribution in [2.75, 3.05) is 32.1 Å². The molecule has 1 aromatic carbocycles. The van der Waals surface area contributed by atoms with Crippen molar-refractivity contribution in [3.05, 3.63) is 48.8 Å². The van der Waals surface area contributed by atoms with Crippen LogP contribution in [0.5, 0.6) is 5.75 Å². The third-order valence-corrected chi connectivity index (χ3v) is 8.62. The van der Waals surface area contributed by atoms with E-state index in [2.05, 4.69) is 4.98 Å². The average molecular weight is 444 g/mol. The maximum Gasteiger partial charge on any atom is 0.244 e. The highest BCUT2D eigenvalue weighted by molar-refractivity contribution is 7.89. The Labute approximate surface area is 184 Å². The molecule has 7 nitrogen and oxygen atoms in total. The van der Waals surface area contributed by atoms with Gasteiger partial charge in [0.1, 0.15) is 10.6 Å². The van der Waals surface area contributed by atoms with Crippen molar-refractivity contribution in [3.8, 4) is 5.75 Å². The molecule has 1 saturated carbocycles. The highest BCUT2D eigenvalue weighted by Gasteiger charge is 2.53. The largest absolute Gasteiger partial charge is 0.497 e. The molecule has 2 heterocycles. The first-order chi connectivity index (χ1) is 14.9. The monoisotopic (exact) mass is 443 g/mol. The Hall–Kier alpha value is -2.45. The quantitative estimate of drug-likeness (QED) is 0.708. The number of benzene rings is 1. The van der Waals surface area contributed by atoms with E-state index in [-0.39, 0.29) is 28.7 Å². The number of amides is 1. The SMILES string of the molecule is COc1ccc(N(C)C(=O)C2CN(S(=O)(=O)c3cccnc3)CC23CCCCC3)cc1. The normalized spacial score (nSPS) is 21.2. The molecule has 166 valence electrons. The Bertz CT molecular complexity index is 1020. The second-order valence-electron chi connectivity index (χ2n) is 8.56. The van der Waals surface area contributed by atoms with Crippen LogP contribution in [0.1, 0.15) is 32.1 Å². The van der Waals surface area contributed by atoms with E-state index in [4.69, 9.17) is 4.74 Å². The Morgan fingerprint density at radius 3 is 2.48 bits per heavy atom. The van der Waals surface area contributed by atoms with Gasteiger partial charge in [-0.05, 0) is 54.7 Å². The van der Waals surface area contributed by atoms with Crippen LogP contribution in [0.2, 0.25) is 0 Å². The van der Waals surface area contributed by atoms with E-state index in [9.17, 15) is 13.2 Å². The molecule has 1 unspecified atom stereocenters. The van der Waals surface area contributed by atoms with Gasteiger partial charge in [0.25, 0.3) is 0 Å². The third-order valence-electron chi connectivity index (χ3n) is 6.83. The lowest BCUT2D eigenvalue weighted by Crippen LogP contribution is -2.43. The number of nitrogens with zero attached hydrogens (tertiary/aromatic N) is 3. The predicted octanol–water partition coefficient (Wildman–Crippen LogP) is 3.32. The van der Waals surface area contributed by atoms with E-state index in [1.165, 1.54) is 10.5 Å². The minimum absolute atomic E-state index is 0.0315. The van der Waals surface area contributed by atoms with Gasteiger partial charge < -0.3 is 9.64 Å². The first-order valence-corrected chi connectivity index (χ1v) is 12.1. The summed E-state index contributed by atoms with van der Waals surface area (Å²) in [4.78, 5) is 19.4. The van der Waals surface area contributed by atoms with Crippen LogP contribution in [0.25, 0.3) is 0 Å². The molecule has 1 amide bonds. The predicted molar refractivity (Wildman–Crippen MR) is 118 cm³/mol. The highest BCUT2D eigenvalue weighted by atomic mass is 32.2. The number of methoxy groups -OCH3 is 1. The Balaban J connectivity index is 1.63. The number of hydrogen-bond acceptors (Lipinski definition) is 5. The van der Waals surface area contributed by atoms with Gasteiger partial charge >= 0.3 is 0 Å². The molecule has 2 aliphatic rings. The molecule has 0 radical (unpaired) electrons. The summed E-state index contributed by atoms with van der Waals surface area (Å²) in [5, 5.41) is 0. The lowest BCUT2D eigenvalue weighted by Gasteiger charge is -2.38. The second kappa shape index (κ2) is 8.59. The van der Waals surface area contributed by atoms with Crippen molar-refractivity contribution in [3.63, 3.8) is 0 Å². The van der Waals surface area contributed by atoms with Gasteiger partial charge in [0.2, 0.25) is 15.9 Å². The van der Waals surface area contributed by atoms with E-state index in [0.717, 1.165) is 43.5 Å². The number of ether oxygens (including phenoxy) is 1. The second-order valence-corrected chi connectivity index (χ2v) is 10.5. The van der Waals surface area contributed by atoms with Gasteiger partial charge in [-0.1, -0.05) is 19.3 Å². The topological polar surface area (TPSA) is 79.8 Å². The molecule has 2 aromatic rings. The molecule has 0 bridgehead atoms. The van der Waals surface area contributed by atoms with Crippen LogP contribution in [-0.4, -0.2) is 50.9 Å². The van der Waals surface area contributed by atoms with Gasteiger partial charge in [0.05, 0.1) is 13.0 Å². The molecule has 8 heteroatoms. The summed E-state index contributed by atoms with van der Waals surface area (Å²) < 4.78 is 33.3. The van der Waals surface area contributed by atoms with Crippen LogP contribution in [-0.2, 0) is 14.8 Å². The molecule has 2 fully saturated rings. The van der Waals surface area contributed by atoms with Crippen molar-refractivity contribution >= 4 is 21.6 Å². The summed E-state index contributed by atoms with van der Waals surface area (Å²) in [6.07, 6.45) is 7.86. The fraction of sp³-hybridized carbons (Fsp3) is 0.478. The zero-order valence-corrected chi connectivity index (χ0v) is 18.8. The molecule has 1 saturated heterocycles. The zero-order chi connectivity index (χ0) is 22.1. The molecule has 1 aliphatic carbocycles. The first kappa shape index (κ1) is 21.8. The van der Waals surface area contributed by atoms with Crippen LogP contribution in [0.3, 0.4) is 0 Å². The van der Waals surface area contributed by atoms with E-state index in [0.29, 0.717) is 6.54 Å². The molecule has 1 spiro atoms. The number of carbonyl (C=O) groups excluding carboxylic acids is 1. The van der Waals surface area contributed by atoms with Gasteiger partial charge in [0.15, 0.2) is 0 Å². The Kier molecular flexibility index (Phi) is 6.03. The van der Waals surface area contributed by atoms with Crippen LogP contribution >= 0.6 is 0 Å². The highest BCUT2D eigenvalue weighted by Crippen LogP contribution is 2.49. The minimum atomic E-state index is -3.70. The van der Waals surface area contributed by atoms with E-state index < -0.39 is 10.0 Å². The zero-order valence-electron chi connectivity index (χ0n) is 18.0. The van der Waals surface area contributed by atoms with Crippen molar-refractivity contribution in [1.82, 2.24) is 9.29 Å². The van der Waals surface area contributed by atoms with Gasteiger partial charge in [-0.15, -0.1) is 0 Å². The maximum atomic E-state index is 13.6. The number of hydrogen-bond donors (Lipinski definition) is 0. The first-order valence-electron chi connectivity index (χ1n) is 10.7. The van der Waals surface area contributed by atoms with Gasteiger partial charge in [-0.3, -0.25) is 9.78 Å². The van der Waals surface area contributed by atoms with Gasteiger partial charge in [-0.25, -0.2) is 8.42 Å². The van der Waals surface area contributed by atoms with Crippen molar-refractivity contribution in [1.29, 1.82) is 0 Å². The lowest BCUT2D eigenvalue weighted by atomic mass is 9.67. The summed E-state index contributed by atoms with van der Waals surface area (Å²) in [6, 6.07) is 10.5. The number of carbonyl (C=O) groups is 1. The summed E-state index contributed by atoms with van der Waals surface area (Å²) in [5.74, 6) is 0.324. The molecular formula is C23H29N3O4S. The summed E-state index contributed by atoms with van der Waals surface area (Å²) >= 11 is 0. The van der Waals surface area contributed by atoms with Crippen LogP contribution in [0.15, 0.2) is 53.7 Å². The van der Waals surface area contributed by atoms with Crippen LogP contribution in [0, 0.1) is 11.3 Å². The Morgan fingerprint density at radius 2 is 1.87 bits per heavy atom. The van der Waals surface area contributed by atoms with Crippen molar-refractivity contribution in [2.24, 2.45) is 11.3 Å². The molecule has 0 N–H and O–H groups in total. The van der Waals surface area contributed by atoms with Crippen LogP contribution < -0.4 is 9.64 Å². The van der Waals surface area contributed by atoms with E-state index in [1.807, 2.05) is 24.3 Å². The molecule has 1 atom stereocenters. The molecule has 31 heavy (non-hydrogen) atoms. The lowest BCUT2D eigenvalue weighted by molar-refractivity contribution is -0.125. The fourth-order valence-corrected chi connectivity index (χ4v) is 6.54. The smallest absolute Gasteiger partial charge is 0.244 e. The van der Waals surface area contributed by atoms with Crippen molar-refractivity contribution in [2.45, 2.75) is 37.0 Å². The fourth-order valence-electron chi connectivity index (χ4n) is 5.02. The number of pyridine rings is 1. The Morgan fingerprint density at radius 1 is 1.16 bits per heavy atom. The molecule has 1 aliphatic heterocycles. The third kappa shape index (κ3) is 4.06. The van der Waals surface area contributed by atoms with Gasteiger partial charge in [-0.2, -0.15) is 4.31 Å². The number of sulfonamides is 1. The van der Waals surface area contributed by atoms with E-state index >= 15 is 0 Å². The standard InChI is InChI=1S/C23H29N3O4S/c1-25(18-8-10-19(30-2)11-9-18)22(27)21-16-26(17-23(21)12-4-3-5-13-23)31(28,29)20-7-6-14-24-15-20/h6-11,14-15,21H,3-5,12-13,16-17H2,1-2H3. The summed E-state index contributed by atoms with van der Waals surface area (Å²) in [5.41, 5.74) is 0.455. The molecule has 4 rings (SSSR count). The van der Waals surface area contributed by atoms with Gasteiger partial charge in [0, 0.05) is 38.2 Å². The summed E-state index contributed by atoms with van der Waals surface area (Å²) in [6.45, 7) is 0.591. The maximum absolute atomic E-state index is 13.6. The van der Waals surface area contributed by atoms with Crippen LogP contribution in [0.4, 0.5) is 5.69 Å². The average Bonchev–Trinajstić information content (AvgIpc) is 3.18. The summed E-state index contributed by atoms with van der Waals surface area (Å²) in [7, 11) is -0.330. The number of aromatic nitrogens is 1. The number of rotatable bonds is 5. The van der Waals surface area contributed by atoms with E-state index in [1.54, 1.807) is 37.4 Å². The minimum Gasteiger partial charge on any atom is -0.497 e. The number of anilines is 1. The van der Waals surface area contributed by atoms with Crippen molar-refractivity contribution < 1.29 is 17.9 Å².